The van der Waals surface area contributed by atoms with E-state index in [0.717, 1.165) is 11.3 Å². The van der Waals surface area contributed by atoms with Crippen LogP contribution in [0.5, 0.6) is 5.75 Å². The lowest BCUT2D eigenvalue weighted by Gasteiger charge is -2.09. The SMILES string of the molecule is COc1ccc(CNNc2ccccc2)cc1F. The number of hydrazine groups is 1. The fourth-order valence-corrected chi connectivity index (χ4v) is 1.59. The molecule has 18 heavy (non-hydrogen) atoms. The smallest absolute Gasteiger partial charge is 0.165 e. The molecule has 0 atom stereocenters. The lowest BCUT2D eigenvalue weighted by Crippen LogP contribution is -2.20. The minimum absolute atomic E-state index is 0.259. The number of hydrogen-bond acceptors (Lipinski definition) is 3. The first kappa shape index (κ1) is 12.4. The van der Waals surface area contributed by atoms with Gasteiger partial charge in [-0.1, -0.05) is 24.3 Å². The van der Waals surface area contributed by atoms with Crippen molar-refractivity contribution in [2.45, 2.75) is 6.54 Å². The van der Waals surface area contributed by atoms with Gasteiger partial charge in [-0.15, -0.1) is 0 Å². The predicted molar refractivity (Wildman–Crippen MR) is 69.9 cm³/mol. The van der Waals surface area contributed by atoms with Crippen molar-refractivity contribution < 1.29 is 9.13 Å². The van der Waals surface area contributed by atoms with Crippen LogP contribution in [0.1, 0.15) is 5.56 Å². The molecule has 3 nitrogen and oxygen atoms in total. The Balaban J connectivity index is 1.89. The van der Waals surface area contributed by atoms with Crippen LogP contribution in [0.25, 0.3) is 0 Å². The van der Waals surface area contributed by atoms with Crippen LogP contribution in [0, 0.1) is 5.82 Å². The lowest BCUT2D eigenvalue weighted by molar-refractivity contribution is 0.386. The minimum Gasteiger partial charge on any atom is -0.494 e. The highest BCUT2D eigenvalue weighted by Crippen LogP contribution is 2.17. The van der Waals surface area contributed by atoms with Crippen LogP contribution in [-0.2, 0) is 6.54 Å². The Morgan fingerprint density at radius 2 is 1.89 bits per heavy atom. The van der Waals surface area contributed by atoms with E-state index in [4.69, 9.17) is 4.74 Å². The molecule has 0 aliphatic heterocycles. The first-order valence-electron chi connectivity index (χ1n) is 5.66. The van der Waals surface area contributed by atoms with Crippen LogP contribution in [0.2, 0.25) is 0 Å². The summed E-state index contributed by atoms with van der Waals surface area (Å²) in [5.41, 5.74) is 7.87. The summed E-state index contributed by atoms with van der Waals surface area (Å²) in [6.45, 7) is 0.524. The van der Waals surface area contributed by atoms with Crippen molar-refractivity contribution in [1.82, 2.24) is 5.43 Å². The van der Waals surface area contributed by atoms with Gasteiger partial charge >= 0.3 is 0 Å². The molecule has 0 heterocycles. The number of ether oxygens (including phenoxy) is 1. The molecule has 0 unspecified atom stereocenters. The molecule has 0 aliphatic carbocycles. The number of anilines is 1. The average Bonchev–Trinajstić information content (AvgIpc) is 2.40. The lowest BCUT2D eigenvalue weighted by atomic mass is 10.2. The van der Waals surface area contributed by atoms with Crippen LogP contribution in [0.15, 0.2) is 48.5 Å². The first-order valence-corrected chi connectivity index (χ1v) is 5.66. The van der Waals surface area contributed by atoms with Crippen molar-refractivity contribution in [3.63, 3.8) is 0 Å². The standard InChI is InChI=1S/C14H15FN2O/c1-18-14-8-7-11(9-13(14)15)10-16-17-12-5-3-2-4-6-12/h2-9,16-17H,10H2,1H3. The van der Waals surface area contributed by atoms with Crippen molar-refractivity contribution in [2.24, 2.45) is 0 Å². The zero-order valence-corrected chi connectivity index (χ0v) is 10.1. The Labute approximate surface area is 106 Å². The van der Waals surface area contributed by atoms with Crippen molar-refractivity contribution in [1.29, 1.82) is 0 Å². The number of para-hydroxylation sites is 1. The monoisotopic (exact) mass is 246 g/mol. The zero-order valence-electron chi connectivity index (χ0n) is 10.1. The minimum atomic E-state index is -0.350. The molecule has 0 saturated heterocycles. The summed E-state index contributed by atoms with van der Waals surface area (Å²) >= 11 is 0. The Morgan fingerprint density at radius 1 is 1.11 bits per heavy atom. The summed E-state index contributed by atoms with van der Waals surface area (Å²) in [6, 6.07) is 14.6. The van der Waals surface area contributed by atoms with E-state index >= 15 is 0 Å². The normalized spacial score (nSPS) is 10.1. The summed E-state index contributed by atoms with van der Waals surface area (Å²) in [6.07, 6.45) is 0. The van der Waals surface area contributed by atoms with Gasteiger partial charge < -0.3 is 10.2 Å². The van der Waals surface area contributed by atoms with Crippen molar-refractivity contribution in [3.8, 4) is 5.75 Å². The zero-order chi connectivity index (χ0) is 12.8. The van der Waals surface area contributed by atoms with E-state index in [1.807, 2.05) is 36.4 Å². The van der Waals surface area contributed by atoms with Crippen LogP contribution in [-0.4, -0.2) is 7.11 Å². The number of halogens is 1. The molecular formula is C14H15FN2O. The van der Waals surface area contributed by atoms with Crippen molar-refractivity contribution in [3.05, 3.63) is 59.9 Å². The highest BCUT2D eigenvalue weighted by atomic mass is 19.1. The quantitative estimate of drug-likeness (QED) is 0.796. The van der Waals surface area contributed by atoms with E-state index in [1.54, 1.807) is 6.07 Å². The van der Waals surface area contributed by atoms with Gasteiger partial charge in [0.25, 0.3) is 0 Å². The predicted octanol–water partition coefficient (Wildman–Crippen LogP) is 2.95. The molecule has 0 spiro atoms. The maximum absolute atomic E-state index is 13.4. The topological polar surface area (TPSA) is 33.3 Å². The largest absolute Gasteiger partial charge is 0.494 e. The van der Waals surface area contributed by atoms with Gasteiger partial charge in [0.15, 0.2) is 11.6 Å². The second-order valence-corrected chi connectivity index (χ2v) is 3.81. The molecule has 2 aromatic carbocycles. The summed E-state index contributed by atoms with van der Waals surface area (Å²) in [7, 11) is 1.45. The van der Waals surface area contributed by atoms with Crippen molar-refractivity contribution in [2.75, 3.05) is 12.5 Å². The molecule has 0 bridgehead atoms. The van der Waals surface area contributed by atoms with Crippen LogP contribution < -0.4 is 15.6 Å². The van der Waals surface area contributed by atoms with Gasteiger partial charge in [-0.3, -0.25) is 0 Å². The van der Waals surface area contributed by atoms with E-state index in [9.17, 15) is 4.39 Å². The van der Waals surface area contributed by atoms with E-state index in [2.05, 4.69) is 10.9 Å². The van der Waals surface area contributed by atoms with Gasteiger partial charge in [0.2, 0.25) is 0 Å². The molecule has 0 radical (unpaired) electrons. The van der Waals surface area contributed by atoms with E-state index < -0.39 is 0 Å². The number of nitrogens with one attached hydrogen (secondary N) is 2. The molecule has 94 valence electrons. The van der Waals surface area contributed by atoms with Gasteiger partial charge in [-0.25, -0.2) is 9.82 Å². The molecule has 0 amide bonds. The maximum Gasteiger partial charge on any atom is 0.165 e. The van der Waals surface area contributed by atoms with Gasteiger partial charge in [0.1, 0.15) is 0 Å². The summed E-state index contributed by atoms with van der Waals surface area (Å²) in [5.74, 6) is -0.0914. The van der Waals surface area contributed by atoms with Crippen molar-refractivity contribution >= 4 is 5.69 Å². The average molecular weight is 246 g/mol. The fraction of sp³-hybridized carbons (Fsp3) is 0.143. The summed E-state index contributed by atoms with van der Waals surface area (Å²) in [4.78, 5) is 0. The third kappa shape index (κ3) is 3.21. The summed E-state index contributed by atoms with van der Waals surface area (Å²) < 4.78 is 18.3. The number of methoxy groups -OCH3 is 1. The highest BCUT2D eigenvalue weighted by Gasteiger charge is 2.02. The van der Waals surface area contributed by atoms with E-state index in [-0.39, 0.29) is 11.6 Å². The van der Waals surface area contributed by atoms with Crippen LogP contribution in [0.3, 0.4) is 0 Å². The first-order chi connectivity index (χ1) is 8.79. The molecule has 2 rings (SSSR count). The second-order valence-electron chi connectivity index (χ2n) is 3.81. The molecule has 2 aromatic rings. The van der Waals surface area contributed by atoms with E-state index in [0.29, 0.717) is 6.54 Å². The molecular weight excluding hydrogens is 231 g/mol. The van der Waals surface area contributed by atoms with Gasteiger partial charge in [-0.2, -0.15) is 0 Å². The second kappa shape index (κ2) is 6.02. The van der Waals surface area contributed by atoms with Gasteiger partial charge in [0, 0.05) is 12.2 Å². The molecule has 4 heteroatoms. The highest BCUT2D eigenvalue weighted by molar-refractivity contribution is 5.41. The molecule has 0 fully saturated rings. The summed E-state index contributed by atoms with van der Waals surface area (Å²) in [5, 5.41) is 0. The number of rotatable bonds is 5. The van der Waals surface area contributed by atoms with Crippen LogP contribution in [0.4, 0.5) is 10.1 Å². The number of benzene rings is 2. The Kier molecular flexibility index (Phi) is 4.15. The number of hydrogen-bond donors (Lipinski definition) is 2. The third-order valence-electron chi connectivity index (χ3n) is 2.52. The fourth-order valence-electron chi connectivity index (χ4n) is 1.59. The van der Waals surface area contributed by atoms with E-state index in [1.165, 1.54) is 13.2 Å². The molecule has 0 aromatic heterocycles. The Bertz CT molecular complexity index is 502. The third-order valence-corrected chi connectivity index (χ3v) is 2.52. The molecule has 0 saturated carbocycles. The van der Waals surface area contributed by atoms with Gasteiger partial charge in [-0.05, 0) is 29.8 Å². The van der Waals surface area contributed by atoms with Crippen LogP contribution >= 0.6 is 0 Å². The molecule has 2 N–H and O–H groups in total. The Morgan fingerprint density at radius 3 is 2.56 bits per heavy atom. The maximum atomic E-state index is 13.4. The molecule has 0 aliphatic rings. The van der Waals surface area contributed by atoms with Gasteiger partial charge in [0.05, 0.1) is 7.11 Å². The Hall–Kier alpha value is -2.07.